The maximum absolute atomic E-state index is 12.1. The molecule has 0 aromatic heterocycles. The van der Waals surface area contributed by atoms with Crippen LogP contribution in [0, 0.1) is 11.3 Å². The van der Waals surface area contributed by atoms with Crippen molar-refractivity contribution in [1.29, 1.82) is 5.26 Å². The number of hydrogen-bond donors (Lipinski definition) is 4. The van der Waals surface area contributed by atoms with Crippen molar-refractivity contribution in [2.45, 2.75) is 11.3 Å². The number of carbonyl (C=O) groups excluding carboxylic acids is 1. The van der Waals surface area contributed by atoms with Crippen molar-refractivity contribution in [2.75, 3.05) is 11.9 Å². The molecule has 0 heterocycles. The minimum atomic E-state index is -3.74. The third-order valence-electron chi connectivity index (χ3n) is 3.81. The summed E-state index contributed by atoms with van der Waals surface area (Å²) < 4.78 is 22.4. The number of nitrogens with two attached hydrogens (primary N) is 1. The molecule has 0 saturated carbocycles. The van der Waals surface area contributed by atoms with E-state index in [9.17, 15) is 18.0 Å². The molecule has 0 aliphatic heterocycles. The van der Waals surface area contributed by atoms with E-state index in [0.29, 0.717) is 18.7 Å². The van der Waals surface area contributed by atoms with Gasteiger partial charge in [-0.05, 0) is 48.4 Å². The van der Waals surface area contributed by atoms with Gasteiger partial charge in [-0.3, -0.25) is 4.79 Å². The third kappa shape index (κ3) is 6.46. The van der Waals surface area contributed by atoms with Crippen LogP contribution in [0.4, 0.5) is 5.69 Å². The fourth-order valence-electron chi connectivity index (χ4n) is 2.28. The van der Waals surface area contributed by atoms with Gasteiger partial charge in [-0.25, -0.2) is 18.4 Å². The van der Waals surface area contributed by atoms with Gasteiger partial charge in [-0.15, -0.1) is 0 Å². The van der Waals surface area contributed by atoms with E-state index in [1.807, 2.05) is 0 Å². The van der Waals surface area contributed by atoms with Crippen LogP contribution in [0.3, 0.4) is 0 Å². The lowest BCUT2D eigenvalue weighted by atomic mass is 10.1. The Bertz CT molecular complexity index is 1070. The van der Waals surface area contributed by atoms with Crippen molar-refractivity contribution in [3.8, 4) is 6.07 Å². The van der Waals surface area contributed by atoms with Crippen molar-refractivity contribution in [1.82, 2.24) is 5.32 Å². The minimum absolute atomic E-state index is 0.0222. The summed E-state index contributed by atoms with van der Waals surface area (Å²) in [5.74, 6) is -1.72. The average Bonchev–Trinajstić information content (AvgIpc) is 2.68. The number of nitrogens with one attached hydrogen (secondary N) is 2. The molecule has 0 aliphatic rings. The van der Waals surface area contributed by atoms with Crippen molar-refractivity contribution >= 4 is 27.6 Å². The second-order valence-corrected chi connectivity index (χ2v) is 7.46. The van der Waals surface area contributed by atoms with Crippen LogP contribution in [0.25, 0.3) is 0 Å². The number of carbonyl (C=O) groups is 2. The Balaban J connectivity index is 1.90. The van der Waals surface area contributed by atoms with Crippen molar-refractivity contribution < 1.29 is 23.1 Å². The molecule has 0 unspecified atom stereocenters. The van der Waals surface area contributed by atoms with Crippen LogP contribution in [-0.4, -0.2) is 31.9 Å². The van der Waals surface area contributed by atoms with Gasteiger partial charge in [0.15, 0.2) is 0 Å². The molecule has 29 heavy (non-hydrogen) atoms. The number of primary sulfonamides is 1. The lowest BCUT2D eigenvalue weighted by molar-refractivity contribution is -0.112. The molecule has 0 fully saturated rings. The molecular formula is C19H18N4O5S. The first-order chi connectivity index (χ1) is 13.7. The summed E-state index contributed by atoms with van der Waals surface area (Å²) >= 11 is 0. The van der Waals surface area contributed by atoms with E-state index in [2.05, 4.69) is 10.6 Å². The van der Waals surface area contributed by atoms with Crippen LogP contribution in [0.15, 0.2) is 65.2 Å². The van der Waals surface area contributed by atoms with Gasteiger partial charge < -0.3 is 15.7 Å². The van der Waals surface area contributed by atoms with E-state index in [1.165, 1.54) is 42.6 Å². The maximum atomic E-state index is 12.1. The highest BCUT2D eigenvalue weighted by Gasteiger charge is 2.10. The maximum Gasteiger partial charge on any atom is 0.335 e. The lowest BCUT2D eigenvalue weighted by Crippen LogP contribution is -2.18. The van der Waals surface area contributed by atoms with Gasteiger partial charge in [-0.1, -0.05) is 12.1 Å². The molecule has 150 valence electrons. The Morgan fingerprint density at radius 1 is 1.10 bits per heavy atom. The molecule has 0 aliphatic carbocycles. The van der Waals surface area contributed by atoms with E-state index in [-0.39, 0.29) is 16.0 Å². The highest BCUT2D eigenvalue weighted by atomic mass is 32.2. The van der Waals surface area contributed by atoms with Gasteiger partial charge in [0, 0.05) is 18.4 Å². The van der Waals surface area contributed by atoms with E-state index in [0.717, 1.165) is 5.56 Å². The molecule has 0 radical (unpaired) electrons. The van der Waals surface area contributed by atoms with Gasteiger partial charge >= 0.3 is 5.97 Å². The molecule has 0 atom stereocenters. The number of anilines is 1. The summed E-state index contributed by atoms with van der Waals surface area (Å²) in [6.45, 7) is 0.403. The quantitative estimate of drug-likeness (QED) is 0.286. The second-order valence-electron chi connectivity index (χ2n) is 5.90. The van der Waals surface area contributed by atoms with Crippen LogP contribution in [0.1, 0.15) is 15.9 Å². The Kier molecular flexibility index (Phi) is 7.08. The summed E-state index contributed by atoms with van der Waals surface area (Å²) in [6.07, 6.45) is 1.80. The third-order valence-corrected chi connectivity index (χ3v) is 4.74. The molecule has 2 aromatic carbocycles. The normalized spacial score (nSPS) is 11.4. The van der Waals surface area contributed by atoms with E-state index in [4.69, 9.17) is 15.5 Å². The Hall–Kier alpha value is -3.68. The zero-order valence-electron chi connectivity index (χ0n) is 15.1. The van der Waals surface area contributed by atoms with E-state index in [1.54, 1.807) is 18.2 Å². The minimum Gasteiger partial charge on any atom is -0.478 e. The highest BCUT2D eigenvalue weighted by Crippen LogP contribution is 2.11. The smallest absolute Gasteiger partial charge is 0.335 e. The van der Waals surface area contributed by atoms with E-state index >= 15 is 0 Å². The number of nitriles is 1. The molecule has 1 amide bonds. The topological polar surface area (TPSA) is 162 Å². The van der Waals surface area contributed by atoms with Crippen molar-refractivity contribution in [2.24, 2.45) is 5.14 Å². The molecule has 0 bridgehead atoms. The first-order valence-corrected chi connectivity index (χ1v) is 9.85. The largest absolute Gasteiger partial charge is 0.478 e. The predicted molar refractivity (Wildman–Crippen MR) is 105 cm³/mol. The Morgan fingerprint density at radius 2 is 1.72 bits per heavy atom. The summed E-state index contributed by atoms with van der Waals surface area (Å²) in [5, 5.41) is 28.4. The Labute approximate surface area is 167 Å². The Morgan fingerprint density at radius 3 is 2.24 bits per heavy atom. The fraction of sp³-hybridized carbons (Fsp3) is 0.105. The summed E-state index contributed by atoms with van der Waals surface area (Å²) in [4.78, 5) is 23.0. The van der Waals surface area contributed by atoms with Gasteiger partial charge in [-0.2, -0.15) is 5.26 Å². The van der Waals surface area contributed by atoms with Crippen LogP contribution < -0.4 is 15.8 Å². The monoisotopic (exact) mass is 414 g/mol. The molecule has 0 saturated heterocycles. The number of carboxylic acid groups (broad SMARTS) is 1. The van der Waals surface area contributed by atoms with Gasteiger partial charge in [0.25, 0.3) is 5.91 Å². The van der Waals surface area contributed by atoms with Gasteiger partial charge in [0.2, 0.25) is 10.0 Å². The summed E-state index contributed by atoms with van der Waals surface area (Å²) in [6, 6.07) is 13.4. The number of amides is 1. The lowest BCUT2D eigenvalue weighted by Gasteiger charge is -2.06. The van der Waals surface area contributed by atoms with Gasteiger partial charge in [0.1, 0.15) is 11.6 Å². The number of benzene rings is 2. The number of rotatable bonds is 8. The SMILES string of the molecule is N#C/C(=C/NCCc1ccc(S(N)(=O)=O)cc1)C(=O)Nc1ccc(C(=O)O)cc1. The standard InChI is InChI=1S/C19H18N4O5S/c20-11-15(18(24)23-16-5-3-14(4-6-16)19(25)26)12-22-10-9-13-1-7-17(8-2-13)29(21,27)28/h1-8,12,22H,9-10H2,(H,23,24)(H,25,26)(H2,21,27,28)/b15-12-. The molecule has 2 rings (SSSR count). The first kappa shape index (κ1) is 21.6. The number of hydrogen-bond acceptors (Lipinski definition) is 6. The summed E-state index contributed by atoms with van der Waals surface area (Å²) in [5.41, 5.74) is 1.13. The number of sulfonamides is 1. The second kappa shape index (κ2) is 9.50. The van der Waals surface area contributed by atoms with Crippen LogP contribution in [-0.2, 0) is 21.2 Å². The van der Waals surface area contributed by atoms with E-state index < -0.39 is 21.9 Å². The average molecular weight is 414 g/mol. The number of aromatic carboxylic acids is 1. The number of carboxylic acids is 1. The highest BCUT2D eigenvalue weighted by molar-refractivity contribution is 7.89. The molecule has 2 aromatic rings. The molecule has 10 heteroatoms. The molecule has 0 spiro atoms. The number of nitrogens with zero attached hydrogens (tertiary/aromatic N) is 1. The van der Waals surface area contributed by atoms with Gasteiger partial charge in [0.05, 0.1) is 10.5 Å². The van der Waals surface area contributed by atoms with Crippen molar-refractivity contribution in [3.05, 3.63) is 71.4 Å². The van der Waals surface area contributed by atoms with Crippen LogP contribution in [0.5, 0.6) is 0 Å². The van der Waals surface area contributed by atoms with Crippen LogP contribution >= 0.6 is 0 Å². The molecule has 5 N–H and O–H groups in total. The molecular weight excluding hydrogens is 396 g/mol. The predicted octanol–water partition coefficient (Wildman–Crippen LogP) is 1.21. The van der Waals surface area contributed by atoms with Crippen LogP contribution in [0.2, 0.25) is 0 Å². The van der Waals surface area contributed by atoms with Crippen molar-refractivity contribution in [3.63, 3.8) is 0 Å². The summed E-state index contributed by atoms with van der Waals surface area (Å²) in [7, 11) is -3.74. The zero-order chi connectivity index (χ0) is 21.4. The molecule has 9 nitrogen and oxygen atoms in total. The fourth-order valence-corrected chi connectivity index (χ4v) is 2.80. The zero-order valence-corrected chi connectivity index (χ0v) is 15.9. The first-order valence-electron chi connectivity index (χ1n) is 8.31.